The molecule has 0 saturated carbocycles. The lowest BCUT2D eigenvalue weighted by atomic mass is 10.2. The van der Waals surface area contributed by atoms with Crippen LogP contribution in [0, 0.1) is 0 Å². The first kappa shape index (κ1) is 10.4. The Morgan fingerprint density at radius 2 is 1.31 bits per heavy atom. The monoisotopic (exact) mass is 282 g/mol. The SMILES string of the molecule is O=c1sc(-c2ccsc2)c(-c2ccsc2)s1. The van der Waals surface area contributed by atoms with Crippen LogP contribution in [0.1, 0.15) is 0 Å². The molecule has 0 saturated heterocycles. The molecule has 0 fully saturated rings. The van der Waals surface area contributed by atoms with Crippen molar-refractivity contribution >= 4 is 45.3 Å². The molecule has 0 aromatic carbocycles. The highest BCUT2D eigenvalue weighted by Crippen LogP contribution is 2.38. The molecule has 3 rings (SSSR count). The predicted molar refractivity (Wildman–Crippen MR) is 75.1 cm³/mol. The van der Waals surface area contributed by atoms with Gasteiger partial charge in [-0.15, -0.1) is 0 Å². The highest BCUT2D eigenvalue weighted by molar-refractivity contribution is 7.32. The lowest BCUT2D eigenvalue weighted by molar-refractivity contribution is 1.87. The van der Waals surface area contributed by atoms with Crippen LogP contribution in [0.25, 0.3) is 20.9 Å². The summed E-state index contributed by atoms with van der Waals surface area (Å²) < 4.78 is 0.169. The van der Waals surface area contributed by atoms with E-state index in [1.807, 2.05) is 10.8 Å². The fraction of sp³-hybridized carbons (Fsp3) is 0. The third-order valence-electron chi connectivity index (χ3n) is 2.14. The van der Waals surface area contributed by atoms with E-state index in [9.17, 15) is 4.79 Å². The Bertz CT molecular complexity index is 573. The molecule has 0 spiro atoms. The molecule has 16 heavy (non-hydrogen) atoms. The fourth-order valence-electron chi connectivity index (χ4n) is 1.45. The molecule has 3 heterocycles. The maximum atomic E-state index is 11.5. The molecule has 0 amide bonds. The second kappa shape index (κ2) is 4.25. The van der Waals surface area contributed by atoms with Gasteiger partial charge < -0.3 is 0 Å². The Hall–Kier alpha value is -0.750. The van der Waals surface area contributed by atoms with Crippen molar-refractivity contribution in [2.45, 2.75) is 0 Å². The van der Waals surface area contributed by atoms with Crippen molar-refractivity contribution in [3.8, 4) is 20.9 Å². The molecular formula is C11H6OS4. The Kier molecular flexibility index (Phi) is 2.77. The maximum Gasteiger partial charge on any atom is 0.288 e. The molecule has 0 aliphatic carbocycles. The van der Waals surface area contributed by atoms with E-state index in [0.29, 0.717) is 0 Å². The van der Waals surface area contributed by atoms with Gasteiger partial charge in [0.25, 0.3) is 4.06 Å². The van der Waals surface area contributed by atoms with Gasteiger partial charge in [0.1, 0.15) is 0 Å². The second-order valence-corrected chi connectivity index (χ2v) is 6.92. The van der Waals surface area contributed by atoms with Gasteiger partial charge in [0.05, 0.1) is 9.75 Å². The zero-order chi connectivity index (χ0) is 11.0. The van der Waals surface area contributed by atoms with Gasteiger partial charge in [-0.3, -0.25) is 4.79 Å². The van der Waals surface area contributed by atoms with Crippen LogP contribution in [0.4, 0.5) is 0 Å². The van der Waals surface area contributed by atoms with Crippen molar-refractivity contribution in [1.82, 2.24) is 0 Å². The van der Waals surface area contributed by atoms with Crippen LogP contribution >= 0.6 is 45.3 Å². The number of thiophene rings is 2. The number of hydrogen-bond acceptors (Lipinski definition) is 5. The largest absolute Gasteiger partial charge is 0.288 e. The zero-order valence-electron chi connectivity index (χ0n) is 8.01. The average molecular weight is 282 g/mol. The molecule has 0 aliphatic rings. The average Bonchev–Trinajstić information content (AvgIpc) is 2.98. The molecule has 5 heteroatoms. The van der Waals surface area contributed by atoms with Crippen LogP contribution in [0.15, 0.2) is 38.4 Å². The summed E-state index contributed by atoms with van der Waals surface area (Å²) in [6.45, 7) is 0. The van der Waals surface area contributed by atoms with E-state index >= 15 is 0 Å². The summed E-state index contributed by atoms with van der Waals surface area (Å²) in [5.41, 5.74) is 2.32. The minimum absolute atomic E-state index is 0.169. The summed E-state index contributed by atoms with van der Waals surface area (Å²) in [5.74, 6) is 0. The standard InChI is InChI=1S/C11H6OS4/c12-11-15-9(7-1-3-13-5-7)10(16-11)8-2-4-14-6-8/h1-6H. The topological polar surface area (TPSA) is 17.1 Å². The molecule has 3 aromatic rings. The van der Waals surface area contributed by atoms with Gasteiger partial charge in [0, 0.05) is 11.1 Å². The van der Waals surface area contributed by atoms with E-state index in [1.165, 1.54) is 22.7 Å². The van der Waals surface area contributed by atoms with Crippen molar-refractivity contribution in [1.29, 1.82) is 0 Å². The quantitative estimate of drug-likeness (QED) is 0.670. The van der Waals surface area contributed by atoms with Crippen LogP contribution in [0.2, 0.25) is 0 Å². The highest BCUT2D eigenvalue weighted by Gasteiger charge is 2.13. The third-order valence-corrected chi connectivity index (χ3v) is 5.76. The summed E-state index contributed by atoms with van der Waals surface area (Å²) in [6.07, 6.45) is 0. The van der Waals surface area contributed by atoms with Gasteiger partial charge in [0.2, 0.25) is 0 Å². The molecule has 1 nitrogen and oxygen atoms in total. The van der Waals surface area contributed by atoms with Crippen molar-refractivity contribution in [3.05, 3.63) is 42.5 Å². The van der Waals surface area contributed by atoms with Crippen LogP contribution in [-0.2, 0) is 0 Å². The molecule has 0 bridgehead atoms. The Morgan fingerprint density at radius 1 is 0.812 bits per heavy atom. The van der Waals surface area contributed by atoms with Gasteiger partial charge in [-0.05, 0) is 33.7 Å². The molecule has 0 aliphatic heterocycles. The van der Waals surface area contributed by atoms with Crippen molar-refractivity contribution < 1.29 is 0 Å². The highest BCUT2D eigenvalue weighted by atomic mass is 32.2. The van der Waals surface area contributed by atoms with Crippen LogP contribution < -0.4 is 4.06 Å². The van der Waals surface area contributed by atoms with E-state index in [-0.39, 0.29) is 4.06 Å². The minimum Gasteiger partial charge on any atom is -0.265 e. The van der Waals surface area contributed by atoms with E-state index in [1.54, 1.807) is 22.7 Å². The van der Waals surface area contributed by atoms with Gasteiger partial charge in [-0.25, -0.2) is 0 Å². The van der Waals surface area contributed by atoms with Crippen molar-refractivity contribution in [3.63, 3.8) is 0 Å². The first-order valence-electron chi connectivity index (χ1n) is 4.53. The Morgan fingerprint density at radius 3 is 1.69 bits per heavy atom. The molecular weight excluding hydrogens is 276 g/mol. The molecule has 0 radical (unpaired) electrons. The fourth-order valence-corrected chi connectivity index (χ4v) is 5.05. The van der Waals surface area contributed by atoms with Crippen LogP contribution in [-0.4, -0.2) is 0 Å². The van der Waals surface area contributed by atoms with E-state index in [2.05, 4.69) is 22.9 Å². The maximum absolute atomic E-state index is 11.5. The molecule has 0 unspecified atom stereocenters. The first-order chi connectivity index (χ1) is 7.84. The smallest absolute Gasteiger partial charge is 0.265 e. The van der Waals surface area contributed by atoms with Gasteiger partial charge in [0.15, 0.2) is 0 Å². The molecule has 0 N–H and O–H groups in total. The van der Waals surface area contributed by atoms with Gasteiger partial charge in [-0.2, -0.15) is 22.7 Å². The first-order valence-corrected chi connectivity index (χ1v) is 8.05. The summed E-state index contributed by atoms with van der Waals surface area (Å²) in [4.78, 5) is 13.8. The van der Waals surface area contributed by atoms with E-state index < -0.39 is 0 Å². The molecule has 0 atom stereocenters. The molecule has 80 valence electrons. The third kappa shape index (κ3) is 1.80. The lowest BCUT2D eigenvalue weighted by Crippen LogP contribution is -1.74. The summed E-state index contributed by atoms with van der Waals surface area (Å²) >= 11 is 6.01. The van der Waals surface area contributed by atoms with E-state index in [0.717, 1.165) is 20.9 Å². The summed E-state index contributed by atoms with van der Waals surface area (Å²) in [6, 6.07) is 4.14. The van der Waals surface area contributed by atoms with E-state index in [4.69, 9.17) is 0 Å². The van der Waals surface area contributed by atoms with Gasteiger partial charge >= 0.3 is 0 Å². The Balaban J connectivity index is 2.23. The molecule has 3 aromatic heterocycles. The van der Waals surface area contributed by atoms with Crippen molar-refractivity contribution in [2.75, 3.05) is 0 Å². The Labute approximate surface area is 108 Å². The van der Waals surface area contributed by atoms with Gasteiger partial charge in [-0.1, -0.05) is 22.7 Å². The lowest BCUT2D eigenvalue weighted by Gasteiger charge is -1.96. The predicted octanol–water partition coefficient (Wildman–Crippen LogP) is 4.63. The zero-order valence-corrected chi connectivity index (χ0v) is 11.3. The van der Waals surface area contributed by atoms with Crippen LogP contribution in [0.3, 0.4) is 0 Å². The summed E-state index contributed by atoms with van der Waals surface area (Å²) in [7, 11) is 0. The number of hydrogen-bond donors (Lipinski definition) is 0. The minimum atomic E-state index is 0.169. The number of rotatable bonds is 2. The second-order valence-electron chi connectivity index (χ2n) is 3.14. The van der Waals surface area contributed by atoms with Crippen molar-refractivity contribution in [2.24, 2.45) is 0 Å². The summed E-state index contributed by atoms with van der Waals surface area (Å²) in [5, 5.41) is 8.27. The van der Waals surface area contributed by atoms with Crippen LogP contribution in [0.5, 0.6) is 0 Å². The normalized spacial score (nSPS) is 10.8.